The van der Waals surface area contributed by atoms with Crippen molar-refractivity contribution in [3.63, 3.8) is 0 Å². The second-order valence-electron chi connectivity index (χ2n) is 8.73. The molecule has 3 aromatic rings. The summed E-state index contributed by atoms with van der Waals surface area (Å²) in [5.74, 6) is -1.81. The number of aromatic nitrogens is 1. The highest BCUT2D eigenvalue weighted by Gasteiger charge is 2.37. The number of carbonyl (C=O) groups is 4. The molecule has 1 aromatic heterocycles. The first-order valence-electron chi connectivity index (χ1n) is 11.6. The SMILES string of the molecule is CCOC(=O)c1ccc(-n2c(C)cc(C=C3C(=O)NC(=O)N(c4cc(C)cc(C)c4)C3=O)c2C)cc1. The lowest BCUT2D eigenvalue weighted by atomic mass is 10.1. The minimum absolute atomic E-state index is 0.133. The summed E-state index contributed by atoms with van der Waals surface area (Å²) in [6.45, 7) is 9.58. The largest absolute Gasteiger partial charge is 0.462 e. The Hall–Kier alpha value is -4.46. The van der Waals surface area contributed by atoms with Gasteiger partial charge in [-0.05, 0) is 99.8 Å². The smallest absolute Gasteiger partial charge is 0.338 e. The van der Waals surface area contributed by atoms with Crippen molar-refractivity contribution in [3.05, 3.63) is 87.7 Å². The van der Waals surface area contributed by atoms with Crippen LogP contribution in [0.4, 0.5) is 10.5 Å². The van der Waals surface area contributed by atoms with Gasteiger partial charge in [-0.1, -0.05) is 6.07 Å². The zero-order valence-electron chi connectivity index (χ0n) is 20.8. The Labute approximate surface area is 209 Å². The molecule has 2 aromatic carbocycles. The lowest BCUT2D eigenvalue weighted by Crippen LogP contribution is -2.54. The number of benzene rings is 2. The molecule has 1 aliphatic rings. The molecule has 1 N–H and O–H groups in total. The first-order valence-corrected chi connectivity index (χ1v) is 11.6. The molecule has 4 rings (SSSR count). The Bertz CT molecular complexity index is 1410. The maximum atomic E-state index is 13.3. The van der Waals surface area contributed by atoms with Crippen molar-refractivity contribution in [2.24, 2.45) is 0 Å². The number of hydrogen-bond donors (Lipinski definition) is 1. The molecular weight excluding hydrogens is 458 g/mol. The Balaban J connectivity index is 1.71. The van der Waals surface area contributed by atoms with Crippen LogP contribution in [0.2, 0.25) is 0 Å². The Kier molecular flexibility index (Phi) is 6.61. The summed E-state index contributed by atoms with van der Waals surface area (Å²) in [6, 6.07) is 13.5. The lowest BCUT2D eigenvalue weighted by molar-refractivity contribution is -0.122. The number of nitrogens with zero attached hydrogens (tertiary/aromatic N) is 2. The second kappa shape index (κ2) is 9.65. The molecule has 1 saturated heterocycles. The third-order valence-corrected chi connectivity index (χ3v) is 5.97. The Morgan fingerprint density at radius 2 is 1.56 bits per heavy atom. The van der Waals surface area contributed by atoms with Gasteiger partial charge in [0, 0.05) is 17.1 Å². The highest BCUT2D eigenvalue weighted by molar-refractivity contribution is 6.39. The van der Waals surface area contributed by atoms with Gasteiger partial charge in [0.1, 0.15) is 5.57 Å². The Morgan fingerprint density at radius 3 is 2.17 bits per heavy atom. The van der Waals surface area contributed by atoms with Crippen LogP contribution in [0.15, 0.2) is 54.1 Å². The average molecular weight is 486 g/mol. The zero-order valence-corrected chi connectivity index (χ0v) is 20.8. The summed E-state index contributed by atoms with van der Waals surface area (Å²) < 4.78 is 7.00. The molecule has 0 bridgehead atoms. The van der Waals surface area contributed by atoms with E-state index < -0.39 is 17.8 Å². The molecule has 2 heterocycles. The third kappa shape index (κ3) is 4.57. The number of hydrogen-bond acceptors (Lipinski definition) is 5. The summed E-state index contributed by atoms with van der Waals surface area (Å²) in [5.41, 5.74) is 5.65. The van der Waals surface area contributed by atoms with Crippen molar-refractivity contribution in [2.45, 2.75) is 34.6 Å². The maximum Gasteiger partial charge on any atom is 0.338 e. The van der Waals surface area contributed by atoms with Gasteiger partial charge in [0.2, 0.25) is 0 Å². The normalized spacial score (nSPS) is 14.9. The summed E-state index contributed by atoms with van der Waals surface area (Å²) in [4.78, 5) is 51.5. The monoisotopic (exact) mass is 485 g/mol. The van der Waals surface area contributed by atoms with E-state index in [0.717, 1.165) is 33.1 Å². The first-order chi connectivity index (χ1) is 17.1. The van der Waals surface area contributed by atoms with Crippen molar-refractivity contribution in [2.75, 3.05) is 11.5 Å². The third-order valence-electron chi connectivity index (χ3n) is 5.97. The van der Waals surface area contributed by atoms with E-state index in [1.165, 1.54) is 6.08 Å². The van der Waals surface area contributed by atoms with Gasteiger partial charge in [-0.15, -0.1) is 0 Å². The number of ether oxygens (including phenoxy) is 1. The fourth-order valence-electron chi connectivity index (χ4n) is 4.42. The van der Waals surface area contributed by atoms with Crippen LogP contribution in [0.3, 0.4) is 0 Å². The molecule has 0 aliphatic carbocycles. The number of amides is 4. The number of aryl methyl sites for hydroxylation is 3. The molecule has 0 spiro atoms. The molecule has 8 nitrogen and oxygen atoms in total. The summed E-state index contributed by atoms with van der Waals surface area (Å²) in [7, 11) is 0. The molecule has 1 aliphatic heterocycles. The molecule has 184 valence electrons. The maximum absolute atomic E-state index is 13.3. The predicted octanol–water partition coefficient (Wildman–Crippen LogP) is 4.55. The van der Waals surface area contributed by atoms with Crippen molar-refractivity contribution in [3.8, 4) is 5.69 Å². The van der Waals surface area contributed by atoms with Crippen LogP contribution in [0, 0.1) is 27.7 Å². The van der Waals surface area contributed by atoms with Crippen LogP contribution in [-0.2, 0) is 14.3 Å². The molecule has 0 atom stereocenters. The topological polar surface area (TPSA) is 97.7 Å². The van der Waals surface area contributed by atoms with Gasteiger partial charge in [-0.3, -0.25) is 14.9 Å². The second-order valence-corrected chi connectivity index (χ2v) is 8.73. The van der Waals surface area contributed by atoms with E-state index in [0.29, 0.717) is 23.4 Å². The van der Waals surface area contributed by atoms with Crippen LogP contribution in [-0.4, -0.2) is 35.0 Å². The Morgan fingerprint density at radius 1 is 0.917 bits per heavy atom. The van der Waals surface area contributed by atoms with E-state index in [-0.39, 0.29) is 11.5 Å². The van der Waals surface area contributed by atoms with Crippen molar-refractivity contribution >= 4 is 35.6 Å². The van der Waals surface area contributed by atoms with Gasteiger partial charge < -0.3 is 9.30 Å². The molecule has 36 heavy (non-hydrogen) atoms. The van der Waals surface area contributed by atoms with Crippen LogP contribution in [0.25, 0.3) is 11.8 Å². The number of urea groups is 1. The summed E-state index contributed by atoms with van der Waals surface area (Å²) in [5, 5.41) is 2.28. The molecule has 1 fully saturated rings. The van der Waals surface area contributed by atoms with E-state index in [1.54, 1.807) is 31.2 Å². The van der Waals surface area contributed by atoms with Crippen molar-refractivity contribution < 1.29 is 23.9 Å². The van der Waals surface area contributed by atoms with Crippen LogP contribution in [0.1, 0.15) is 45.4 Å². The van der Waals surface area contributed by atoms with Crippen LogP contribution >= 0.6 is 0 Å². The van der Waals surface area contributed by atoms with Gasteiger partial charge in [0.15, 0.2) is 0 Å². The van der Waals surface area contributed by atoms with Gasteiger partial charge in [0.05, 0.1) is 17.9 Å². The predicted molar refractivity (Wildman–Crippen MR) is 136 cm³/mol. The minimum Gasteiger partial charge on any atom is -0.462 e. The number of rotatable bonds is 5. The van der Waals surface area contributed by atoms with Gasteiger partial charge >= 0.3 is 12.0 Å². The summed E-state index contributed by atoms with van der Waals surface area (Å²) in [6.07, 6.45) is 1.51. The fraction of sp³-hybridized carbons (Fsp3) is 0.214. The van der Waals surface area contributed by atoms with Gasteiger partial charge in [-0.2, -0.15) is 0 Å². The van der Waals surface area contributed by atoms with Crippen LogP contribution in [0.5, 0.6) is 0 Å². The zero-order chi connectivity index (χ0) is 26.1. The van der Waals surface area contributed by atoms with Gasteiger partial charge in [0.25, 0.3) is 11.8 Å². The van der Waals surface area contributed by atoms with Crippen molar-refractivity contribution in [1.29, 1.82) is 0 Å². The lowest BCUT2D eigenvalue weighted by Gasteiger charge is -2.27. The quantitative estimate of drug-likeness (QED) is 0.325. The number of esters is 1. The number of anilines is 1. The fourth-order valence-corrected chi connectivity index (χ4v) is 4.42. The minimum atomic E-state index is -0.778. The van der Waals surface area contributed by atoms with E-state index in [1.807, 2.05) is 56.5 Å². The van der Waals surface area contributed by atoms with E-state index in [2.05, 4.69) is 5.32 Å². The number of nitrogens with one attached hydrogen (secondary N) is 1. The molecule has 8 heteroatoms. The highest BCUT2D eigenvalue weighted by atomic mass is 16.5. The standard InChI is InChI=1S/C28H27N3O5/c1-6-36-27(34)20-7-9-22(10-8-20)30-18(4)14-21(19(30)5)15-24-25(32)29-28(35)31(26(24)33)23-12-16(2)11-17(3)13-23/h7-15H,6H2,1-5H3,(H,29,32,35). The van der Waals surface area contributed by atoms with Gasteiger partial charge in [-0.25, -0.2) is 14.5 Å². The van der Waals surface area contributed by atoms with Crippen LogP contribution < -0.4 is 10.2 Å². The average Bonchev–Trinajstić information content (AvgIpc) is 3.08. The van der Waals surface area contributed by atoms with Crippen molar-refractivity contribution in [1.82, 2.24) is 9.88 Å². The first kappa shape index (κ1) is 24.7. The van der Waals surface area contributed by atoms with E-state index >= 15 is 0 Å². The van der Waals surface area contributed by atoms with E-state index in [4.69, 9.17) is 4.74 Å². The number of imide groups is 2. The molecular formula is C28H27N3O5. The molecule has 4 amide bonds. The molecule has 0 unspecified atom stereocenters. The number of carbonyl (C=O) groups excluding carboxylic acids is 4. The highest BCUT2D eigenvalue weighted by Crippen LogP contribution is 2.27. The molecule has 0 radical (unpaired) electrons. The van der Waals surface area contributed by atoms with E-state index in [9.17, 15) is 19.2 Å². The molecule has 0 saturated carbocycles. The number of barbiturate groups is 1. The summed E-state index contributed by atoms with van der Waals surface area (Å²) >= 11 is 0.